The van der Waals surface area contributed by atoms with Gasteiger partial charge in [-0.3, -0.25) is 19.2 Å². The van der Waals surface area contributed by atoms with Crippen LogP contribution in [0.25, 0.3) is 0 Å². The predicted molar refractivity (Wildman–Crippen MR) is 91.0 cm³/mol. The molecule has 2 aromatic rings. The molecule has 0 unspecified atom stereocenters. The third kappa shape index (κ3) is 9.89. The molecule has 25 heavy (non-hydrogen) atoms. The topological polar surface area (TPSA) is 158 Å². The first kappa shape index (κ1) is 21.2. The summed E-state index contributed by atoms with van der Waals surface area (Å²) in [6.07, 6.45) is -0.571. The molecule has 11 heteroatoms. The number of hydrogen-bond donors (Lipinski definition) is 4. The first-order valence-corrected chi connectivity index (χ1v) is 10.4. The van der Waals surface area contributed by atoms with Crippen LogP contribution >= 0.6 is 15.2 Å². The number of benzene rings is 2. The molecule has 0 bridgehead atoms. The van der Waals surface area contributed by atoms with Gasteiger partial charge in [0, 0.05) is 12.1 Å². The SMILES string of the molecule is O=P(O)(O)Cc1ccccc1.O=[N+]([O-])c1ccc(CP(=O)(O)O)cc1. The van der Waals surface area contributed by atoms with Gasteiger partial charge in [0.15, 0.2) is 0 Å². The van der Waals surface area contributed by atoms with Crippen molar-refractivity contribution in [2.75, 3.05) is 0 Å². The van der Waals surface area contributed by atoms with E-state index in [0.717, 1.165) is 0 Å². The van der Waals surface area contributed by atoms with Crippen LogP contribution in [0, 0.1) is 10.1 Å². The van der Waals surface area contributed by atoms with E-state index in [1.54, 1.807) is 24.3 Å². The molecule has 0 aliphatic carbocycles. The van der Waals surface area contributed by atoms with Crippen molar-refractivity contribution in [3.8, 4) is 0 Å². The lowest BCUT2D eigenvalue weighted by Crippen LogP contribution is -1.90. The largest absolute Gasteiger partial charge is 0.329 e. The van der Waals surface area contributed by atoms with Gasteiger partial charge in [0.2, 0.25) is 0 Å². The average molecular weight is 389 g/mol. The Morgan fingerprint density at radius 3 is 1.52 bits per heavy atom. The van der Waals surface area contributed by atoms with Gasteiger partial charge in [0.25, 0.3) is 5.69 Å². The highest BCUT2D eigenvalue weighted by Gasteiger charge is 2.14. The Kier molecular flexibility index (Phi) is 7.63. The number of rotatable bonds is 5. The van der Waals surface area contributed by atoms with Crippen LogP contribution in [0.4, 0.5) is 5.69 Å². The molecule has 0 fully saturated rings. The number of nitro groups is 1. The molecule has 0 spiro atoms. The fourth-order valence-electron chi connectivity index (χ4n) is 1.78. The van der Waals surface area contributed by atoms with Crippen molar-refractivity contribution in [2.45, 2.75) is 12.3 Å². The summed E-state index contributed by atoms with van der Waals surface area (Å²) < 4.78 is 21.1. The molecule has 0 atom stereocenters. The minimum atomic E-state index is -4.10. The van der Waals surface area contributed by atoms with Gasteiger partial charge in [-0.2, -0.15) is 0 Å². The lowest BCUT2D eigenvalue weighted by Gasteiger charge is -2.02. The number of nitro benzene ring substituents is 1. The summed E-state index contributed by atoms with van der Waals surface area (Å²) in [5, 5.41) is 10.2. The minimum Gasteiger partial charge on any atom is -0.324 e. The van der Waals surface area contributed by atoms with Crippen molar-refractivity contribution >= 4 is 20.9 Å². The second kappa shape index (κ2) is 9.01. The molecule has 2 rings (SSSR count). The summed E-state index contributed by atoms with van der Waals surface area (Å²) in [6, 6.07) is 13.8. The number of hydrogen-bond acceptors (Lipinski definition) is 4. The van der Waals surface area contributed by atoms with Crippen LogP contribution in [-0.4, -0.2) is 24.5 Å². The highest BCUT2D eigenvalue weighted by atomic mass is 31.2. The molecule has 0 saturated carbocycles. The maximum atomic E-state index is 10.6. The molecule has 0 saturated heterocycles. The van der Waals surface area contributed by atoms with E-state index in [1.807, 2.05) is 6.07 Å². The Balaban J connectivity index is 0.000000257. The lowest BCUT2D eigenvalue weighted by molar-refractivity contribution is -0.384. The highest BCUT2D eigenvalue weighted by molar-refractivity contribution is 7.51. The first-order chi connectivity index (χ1) is 11.5. The van der Waals surface area contributed by atoms with Crippen LogP contribution in [0.5, 0.6) is 0 Å². The number of nitrogens with zero attached hydrogens (tertiary/aromatic N) is 1. The Bertz CT molecular complexity index is 782. The van der Waals surface area contributed by atoms with Gasteiger partial charge in [0.1, 0.15) is 0 Å². The fourth-order valence-corrected chi connectivity index (χ4v) is 3.16. The van der Waals surface area contributed by atoms with Crippen molar-refractivity contribution < 1.29 is 33.6 Å². The Labute approximate surface area is 143 Å². The van der Waals surface area contributed by atoms with E-state index < -0.39 is 26.3 Å². The van der Waals surface area contributed by atoms with E-state index in [-0.39, 0.29) is 11.8 Å². The van der Waals surface area contributed by atoms with Gasteiger partial charge < -0.3 is 19.6 Å². The summed E-state index contributed by atoms with van der Waals surface area (Å²) in [5.41, 5.74) is 0.948. The normalized spacial score (nSPS) is 11.4. The summed E-state index contributed by atoms with van der Waals surface area (Å²) >= 11 is 0. The van der Waals surface area contributed by atoms with Crippen molar-refractivity contribution in [2.24, 2.45) is 0 Å². The van der Waals surface area contributed by atoms with Gasteiger partial charge in [-0.15, -0.1) is 0 Å². The molecule has 136 valence electrons. The van der Waals surface area contributed by atoms with Crippen LogP contribution in [0.15, 0.2) is 54.6 Å². The average Bonchev–Trinajstić information content (AvgIpc) is 2.46. The standard InChI is InChI=1S/C7H8NO5P.C7H9O3P/c9-8(10)7-3-1-6(2-4-7)5-14(11,12)13;8-11(9,10)6-7-4-2-1-3-5-7/h1-4H,5H2,(H2,11,12,13);1-5H,6H2,(H2,8,9,10). The second-order valence-electron chi connectivity index (χ2n) is 5.05. The lowest BCUT2D eigenvalue weighted by atomic mass is 10.2. The summed E-state index contributed by atoms with van der Waals surface area (Å²) in [6.45, 7) is 0. The molecule has 0 aliphatic rings. The molecule has 2 aromatic carbocycles. The van der Waals surface area contributed by atoms with Gasteiger partial charge in [-0.25, -0.2) is 0 Å². The number of non-ortho nitro benzene ring substituents is 1. The molecule has 0 radical (unpaired) electrons. The Morgan fingerprint density at radius 1 is 0.760 bits per heavy atom. The zero-order valence-electron chi connectivity index (χ0n) is 12.9. The molecule has 9 nitrogen and oxygen atoms in total. The highest BCUT2D eigenvalue weighted by Crippen LogP contribution is 2.39. The summed E-state index contributed by atoms with van der Waals surface area (Å²) in [4.78, 5) is 44.1. The molecule has 0 heterocycles. The molecular weight excluding hydrogens is 372 g/mol. The van der Waals surface area contributed by atoms with Crippen molar-refractivity contribution in [3.05, 3.63) is 75.8 Å². The first-order valence-electron chi connectivity index (χ1n) is 6.83. The predicted octanol–water partition coefficient (Wildman–Crippen LogP) is 2.64. The van der Waals surface area contributed by atoms with Gasteiger partial charge in [-0.05, 0) is 11.1 Å². The molecule has 0 aliphatic heterocycles. The third-order valence-corrected chi connectivity index (χ3v) is 4.32. The smallest absolute Gasteiger partial charge is 0.324 e. The van der Waals surface area contributed by atoms with E-state index in [0.29, 0.717) is 11.1 Å². The molecule has 0 aromatic heterocycles. The zero-order valence-corrected chi connectivity index (χ0v) is 14.7. The maximum Gasteiger partial charge on any atom is 0.329 e. The maximum absolute atomic E-state index is 10.6. The minimum absolute atomic E-state index is 0.0977. The van der Waals surface area contributed by atoms with Crippen LogP contribution in [-0.2, 0) is 21.5 Å². The molecular formula is C14H17NO8P2. The van der Waals surface area contributed by atoms with Crippen LogP contribution in [0.2, 0.25) is 0 Å². The second-order valence-corrected chi connectivity index (χ2v) is 8.35. The van der Waals surface area contributed by atoms with Crippen molar-refractivity contribution in [3.63, 3.8) is 0 Å². The van der Waals surface area contributed by atoms with Crippen molar-refractivity contribution in [1.29, 1.82) is 0 Å². The Morgan fingerprint density at radius 2 is 1.16 bits per heavy atom. The van der Waals surface area contributed by atoms with E-state index in [9.17, 15) is 19.2 Å². The van der Waals surface area contributed by atoms with E-state index in [1.165, 1.54) is 24.3 Å². The quantitative estimate of drug-likeness (QED) is 0.345. The zero-order chi connectivity index (χ0) is 19.1. The van der Waals surface area contributed by atoms with Gasteiger partial charge in [0.05, 0.1) is 17.2 Å². The van der Waals surface area contributed by atoms with Crippen LogP contribution in [0.1, 0.15) is 11.1 Å². The summed E-state index contributed by atoms with van der Waals surface area (Å²) in [7, 11) is -7.98. The molecule has 0 amide bonds. The van der Waals surface area contributed by atoms with Gasteiger partial charge in [-0.1, -0.05) is 42.5 Å². The van der Waals surface area contributed by atoms with Crippen LogP contribution in [0.3, 0.4) is 0 Å². The monoisotopic (exact) mass is 389 g/mol. The fraction of sp³-hybridized carbons (Fsp3) is 0.143. The van der Waals surface area contributed by atoms with E-state index in [2.05, 4.69) is 0 Å². The van der Waals surface area contributed by atoms with Crippen molar-refractivity contribution in [1.82, 2.24) is 0 Å². The molecule has 4 N–H and O–H groups in total. The Hall–Kier alpha value is -1.86. The summed E-state index contributed by atoms with van der Waals surface area (Å²) in [5.74, 6) is 0. The van der Waals surface area contributed by atoms with Crippen LogP contribution < -0.4 is 0 Å². The van der Waals surface area contributed by atoms with E-state index >= 15 is 0 Å². The van der Waals surface area contributed by atoms with Gasteiger partial charge >= 0.3 is 15.2 Å². The third-order valence-electron chi connectivity index (χ3n) is 2.77. The van der Waals surface area contributed by atoms with E-state index in [4.69, 9.17) is 19.6 Å².